The van der Waals surface area contributed by atoms with Crippen LogP contribution < -0.4 is 10.6 Å². The number of carbonyl (C=O) groups is 3. The molecule has 3 aromatic carbocycles. The summed E-state index contributed by atoms with van der Waals surface area (Å²) >= 11 is 0. The van der Waals surface area contributed by atoms with Crippen LogP contribution in [0.15, 0.2) is 91.0 Å². The van der Waals surface area contributed by atoms with Crippen molar-refractivity contribution in [2.45, 2.75) is 38.8 Å². The zero-order valence-electron chi connectivity index (χ0n) is 20.1. The van der Waals surface area contributed by atoms with Crippen molar-refractivity contribution >= 4 is 17.8 Å². The van der Waals surface area contributed by atoms with Gasteiger partial charge in [0.1, 0.15) is 6.61 Å². The van der Waals surface area contributed by atoms with E-state index in [4.69, 9.17) is 4.74 Å². The van der Waals surface area contributed by atoms with E-state index >= 15 is 0 Å². The topological polar surface area (TPSA) is 84.5 Å². The Morgan fingerprint density at radius 1 is 0.686 bits per heavy atom. The lowest BCUT2D eigenvalue weighted by Gasteiger charge is -2.32. The van der Waals surface area contributed by atoms with Gasteiger partial charge in [-0.3, -0.25) is 9.59 Å². The third-order valence-electron chi connectivity index (χ3n) is 5.98. The van der Waals surface area contributed by atoms with Crippen molar-refractivity contribution in [1.82, 2.24) is 10.6 Å². The van der Waals surface area contributed by atoms with Crippen molar-refractivity contribution < 1.29 is 19.1 Å². The van der Waals surface area contributed by atoms with E-state index in [1.807, 2.05) is 44.2 Å². The Bertz CT molecular complexity index is 1090. The van der Waals surface area contributed by atoms with Crippen LogP contribution in [-0.2, 0) is 4.74 Å². The van der Waals surface area contributed by atoms with Crippen LogP contribution in [0.3, 0.4) is 0 Å². The lowest BCUT2D eigenvalue weighted by molar-refractivity contribution is 0.0407. The molecule has 0 radical (unpaired) electrons. The maximum absolute atomic E-state index is 13.0. The number of esters is 1. The fraction of sp³-hybridized carbons (Fsp3) is 0.276. The Balaban J connectivity index is 1.77. The average molecular weight is 473 g/mol. The summed E-state index contributed by atoms with van der Waals surface area (Å²) in [4.78, 5) is 38.4. The predicted octanol–water partition coefficient (Wildman–Crippen LogP) is 4.88. The first-order chi connectivity index (χ1) is 17.0. The summed E-state index contributed by atoms with van der Waals surface area (Å²) in [7, 11) is 0. The van der Waals surface area contributed by atoms with Crippen LogP contribution in [0.25, 0.3) is 0 Å². The van der Waals surface area contributed by atoms with E-state index in [2.05, 4.69) is 10.6 Å². The summed E-state index contributed by atoms with van der Waals surface area (Å²) in [6.07, 6.45) is 1.55. The first kappa shape index (κ1) is 25.7. The van der Waals surface area contributed by atoms with Gasteiger partial charge in [-0.05, 0) is 48.7 Å². The van der Waals surface area contributed by atoms with E-state index in [-0.39, 0.29) is 30.4 Å². The first-order valence-corrected chi connectivity index (χ1v) is 11.9. The Morgan fingerprint density at radius 2 is 1.11 bits per heavy atom. The minimum absolute atomic E-state index is 0.0190. The molecule has 0 unspecified atom stereocenters. The summed E-state index contributed by atoms with van der Waals surface area (Å²) in [6, 6.07) is 25.9. The number of amides is 2. The number of nitrogens with one attached hydrogen (secondary N) is 2. The van der Waals surface area contributed by atoms with E-state index in [1.54, 1.807) is 60.7 Å². The maximum atomic E-state index is 13.0. The Hall–Kier alpha value is -3.93. The van der Waals surface area contributed by atoms with Gasteiger partial charge in [0.05, 0.1) is 11.6 Å². The number of hydrogen-bond acceptors (Lipinski definition) is 4. The summed E-state index contributed by atoms with van der Waals surface area (Å²) in [6.45, 7) is 3.98. The number of rotatable bonds is 11. The molecule has 3 aromatic rings. The molecule has 2 N–H and O–H groups in total. The molecule has 0 fully saturated rings. The molecule has 6 nitrogen and oxygen atoms in total. The molecule has 0 saturated carbocycles. The molecular weight excluding hydrogens is 440 g/mol. The standard InChI is InChI=1S/C29H32N2O4/c1-3-13-25(30-27(32)22-14-7-4-8-15-22)21(2)26(31-28(33)23-16-9-5-10-17-23)20-35-29(34)24-18-11-6-12-19-24/h4-12,14-19,21,25-26H,3,13,20H2,1-2H3,(H,30,32)(H,31,33)/t21-,25-,26-/m0/s1. The molecule has 0 aliphatic carbocycles. The van der Waals surface area contributed by atoms with E-state index in [9.17, 15) is 14.4 Å². The fourth-order valence-corrected chi connectivity index (χ4v) is 3.89. The van der Waals surface area contributed by atoms with Crippen molar-refractivity contribution in [2.24, 2.45) is 5.92 Å². The summed E-state index contributed by atoms with van der Waals surface area (Å²) in [5.41, 5.74) is 1.52. The van der Waals surface area contributed by atoms with Crippen LogP contribution in [0.2, 0.25) is 0 Å². The van der Waals surface area contributed by atoms with Gasteiger partial charge < -0.3 is 15.4 Å². The second-order valence-electron chi connectivity index (χ2n) is 8.50. The zero-order valence-corrected chi connectivity index (χ0v) is 20.1. The second-order valence-corrected chi connectivity index (χ2v) is 8.50. The predicted molar refractivity (Wildman–Crippen MR) is 136 cm³/mol. The van der Waals surface area contributed by atoms with Gasteiger partial charge in [0.25, 0.3) is 11.8 Å². The SMILES string of the molecule is CCC[C@H](NC(=O)c1ccccc1)[C@H](C)[C@H](COC(=O)c1ccccc1)NC(=O)c1ccccc1. The molecule has 6 heteroatoms. The highest BCUT2D eigenvalue weighted by molar-refractivity contribution is 5.95. The monoisotopic (exact) mass is 472 g/mol. The van der Waals surface area contributed by atoms with Gasteiger partial charge in [0.15, 0.2) is 0 Å². The number of hydrogen-bond donors (Lipinski definition) is 2. The highest BCUT2D eigenvalue weighted by Crippen LogP contribution is 2.17. The van der Waals surface area contributed by atoms with Crippen molar-refractivity contribution in [2.75, 3.05) is 6.61 Å². The molecule has 2 amide bonds. The van der Waals surface area contributed by atoms with Gasteiger partial charge in [0, 0.05) is 17.2 Å². The normalized spacial score (nSPS) is 13.2. The molecule has 3 atom stereocenters. The number of benzene rings is 3. The summed E-state index contributed by atoms with van der Waals surface area (Å²) < 4.78 is 5.60. The average Bonchev–Trinajstić information content (AvgIpc) is 2.91. The molecule has 0 aliphatic heterocycles. The van der Waals surface area contributed by atoms with Crippen molar-refractivity contribution in [3.8, 4) is 0 Å². The zero-order chi connectivity index (χ0) is 25.0. The van der Waals surface area contributed by atoms with Gasteiger partial charge in [-0.2, -0.15) is 0 Å². The van der Waals surface area contributed by atoms with Gasteiger partial charge in [0.2, 0.25) is 0 Å². The van der Waals surface area contributed by atoms with E-state index in [0.717, 1.165) is 6.42 Å². The van der Waals surface area contributed by atoms with Crippen LogP contribution in [-0.4, -0.2) is 36.5 Å². The quantitative estimate of drug-likeness (QED) is 0.390. The van der Waals surface area contributed by atoms with Gasteiger partial charge in [-0.15, -0.1) is 0 Å². The van der Waals surface area contributed by atoms with E-state index in [1.165, 1.54) is 0 Å². The molecule has 35 heavy (non-hydrogen) atoms. The van der Waals surface area contributed by atoms with Crippen LogP contribution in [0, 0.1) is 5.92 Å². The number of ether oxygens (including phenoxy) is 1. The fourth-order valence-electron chi connectivity index (χ4n) is 3.89. The number of carbonyl (C=O) groups excluding carboxylic acids is 3. The third-order valence-corrected chi connectivity index (χ3v) is 5.98. The van der Waals surface area contributed by atoms with Crippen LogP contribution in [0.5, 0.6) is 0 Å². The van der Waals surface area contributed by atoms with Crippen molar-refractivity contribution in [3.63, 3.8) is 0 Å². The molecule has 0 bridgehead atoms. The Kier molecular flexibility index (Phi) is 9.60. The third kappa shape index (κ3) is 7.54. The molecule has 0 spiro atoms. The van der Waals surface area contributed by atoms with Crippen molar-refractivity contribution in [3.05, 3.63) is 108 Å². The van der Waals surface area contributed by atoms with Crippen LogP contribution in [0.4, 0.5) is 0 Å². The minimum Gasteiger partial charge on any atom is -0.460 e. The molecule has 3 rings (SSSR count). The lowest BCUT2D eigenvalue weighted by atomic mass is 9.90. The van der Waals surface area contributed by atoms with Crippen molar-refractivity contribution in [1.29, 1.82) is 0 Å². The molecule has 0 saturated heterocycles. The Labute approximate surface area is 206 Å². The largest absolute Gasteiger partial charge is 0.460 e. The van der Waals surface area contributed by atoms with E-state index in [0.29, 0.717) is 23.1 Å². The smallest absolute Gasteiger partial charge is 0.338 e. The molecule has 0 aromatic heterocycles. The highest BCUT2D eigenvalue weighted by atomic mass is 16.5. The maximum Gasteiger partial charge on any atom is 0.338 e. The minimum atomic E-state index is -0.511. The second kappa shape index (κ2) is 13.1. The molecule has 182 valence electrons. The van der Waals surface area contributed by atoms with Gasteiger partial charge in [-0.25, -0.2) is 4.79 Å². The summed E-state index contributed by atoms with van der Waals surface area (Å²) in [5, 5.41) is 6.14. The van der Waals surface area contributed by atoms with Crippen LogP contribution >= 0.6 is 0 Å². The van der Waals surface area contributed by atoms with Gasteiger partial charge >= 0.3 is 5.97 Å². The lowest BCUT2D eigenvalue weighted by Crippen LogP contribution is -2.51. The Morgan fingerprint density at radius 3 is 1.57 bits per heavy atom. The van der Waals surface area contributed by atoms with E-state index < -0.39 is 12.0 Å². The molecule has 0 heterocycles. The molecular formula is C29H32N2O4. The highest BCUT2D eigenvalue weighted by Gasteiger charge is 2.29. The van der Waals surface area contributed by atoms with Crippen LogP contribution in [0.1, 0.15) is 57.8 Å². The van der Waals surface area contributed by atoms with Gasteiger partial charge in [-0.1, -0.05) is 74.9 Å². The summed E-state index contributed by atoms with van der Waals surface area (Å²) in [5.74, 6) is -1.11. The molecule has 0 aliphatic rings. The first-order valence-electron chi connectivity index (χ1n) is 11.9.